The zero-order chi connectivity index (χ0) is 13.8. The van der Waals surface area contributed by atoms with Crippen molar-refractivity contribution in [2.24, 2.45) is 0 Å². The van der Waals surface area contributed by atoms with Crippen LogP contribution in [0.1, 0.15) is 36.8 Å². The molecule has 1 fully saturated rings. The first-order valence-electron chi connectivity index (χ1n) is 7.13. The molecule has 1 N–H and O–H groups in total. The van der Waals surface area contributed by atoms with Gasteiger partial charge in [0.1, 0.15) is 0 Å². The summed E-state index contributed by atoms with van der Waals surface area (Å²) in [5, 5.41) is 3.01. The van der Waals surface area contributed by atoms with Crippen molar-refractivity contribution in [1.82, 2.24) is 4.90 Å². The second-order valence-corrected chi connectivity index (χ2v) is 5.68. The van der Waals surface area contributed by atoms with Gasteiger partial charge in [-0.3, -0.25) is 4.79 Å². The molecule has 2 rings (SSSR count). The van der Waals surface area contributed by atoms with E-state index < -0.39 is 0 Å². The third-order valence-corrected chi connectivity index (χ3v) is 4.13. The van der Waals surface area contributed by atoms with E-state index in [9.17, 15) is 4.79 Å². The number of rotatable bonds is 3. The molecule has 0 spiro atoms. The van der Waals surface area contributed by atoms with Gasteiger partial charge in [-0.2, -0.15) is 0 Å². The van der Waals surface area contributed by atoms with E-state index in [2.05, 4.69) is 37.2 Å². The summed E-state index contributed by atoms with van der Waals surface area (Å²) in [6.45, 7) is 5.26. The number of nitrogens with zero attached hydrogens (tertiary/aromatic N) is 1. The Kier molecular flexibility index (Phi) is 4.59. The molecule has 3 nitrogen and oxygen atoms in total. The molecule has 1 aliphatic rings. The molecule has 3 heteroatoms. The number of benzene rings is 1. The number of hydrogen-bond donors (Lipinski definition) is 1. The van der Waals surface area contributed by atoms with E-state index in [-0.39, 0.29) is 5.91 Å². The number of anilines is 1. The smallest absolute Gasteiger partial charge is 0.225 e. The Balaban J connectivity index is 1.91. The molecule has 104 valence electrons. The van der Waals surface area contributed by atoms with Crippen LogP contribution in [-0.4, -0.2) is 30.4 Å². The predicted molar refractivity (Wildman–Crippen MR) is 79.4 cm³/mol. The second-order valence-electron chi connectivity index (χ2n) is 5.68. The van der Waals surface area contributed by atoms with Crippen LogP contribution in [-0.2, 0) is 4.79 Å². The molecular weight excluding hydrogens is 236 g/mol. The molecule has 1 aliphatic heterocycles. The molecule has 0 radical (unpaired) electrons. The highest BCUT2D eigenvalue weighted by atomic mass is 16.1. The Hall–Kier alpha value is -1.35. The van der Waals surface area contributed by atoms with Crippen LogP contribution in [0.25, 0.3) is 0 Å². The third kappa shape index (κ3) is 3.80. The Morgan fingerprint density at radius 2 is 2.11 bits per heavy atom. The van der Waals surface area contributed by atoms with Gasteiger partial charge in [0, 0.05) is 18.2 Å². The van der Waals surface area contributed by atoms with Crippen molar-refractivity contribution in [2.45, 2.75) is 45.6 Å². The summed E-state index contributed by atoms with van der Waals surface area (Å²) in [5.74, 6) is 0.127. The minimum Gasteiger partial charge on any atom is -0.326 e. The van der Waals surface area contributed by atoms with E-state index >= 15 is 0 Å². The number of piperidine rings is 1. The van der Waals surface area contributed by atoms with Crippen molar-refractivity contribution in [3.05, 3.63) is 29.3 Å². The first kappa shape index (κ1) is 14.1. The summed E-state index contributed by atoms with van der Waals surface area (Å²) in [7, 11) is 2.12. The molecule has 1 aromatic rings. The van der Waals surface area contributed by atoms with Gasteiger partial charge in [-0.05, 0) is 63.5 Å². The van der Waals surface area contributed by atoms with Gasteiger partial charge in [0.15, 0.2) is 0 Å². The highest BCUT2D eigenvalue weighted by molar-refractivity contribution is 5.91. The quantitative estimate of drug-likeness (QED) is 0.905. The fourth-order valence-electron chi connectivity index (χ4n) is 2.65. The molecule has 0 aliphatic carbocycles. The second kappa shape index (κ2) is 6.20. The number of hydrogen-bond acceptors (Lipinski definition) is 2. The Morgan fingerprint density at radius 3 is 2.79 bits per heavy atom. The molecule has 1 heterocycles. The average molecular weight is 260 g/mol. The SMILES string of the molecule is Cc1ccc(NC(=O)CC2CCCCN2C)cc1C. The topological polar surface area (TPSA) is 32.3 Å². The van der Waals surface area contributed by atoms with Gasteiger partial charge >= 0.3 is 0 Å². The lowest BCUT2D eigenvalue weighted by molar-refractivity contribution is -0.117. The average Bonchev–Trinajstić information content (AvgIpc) is 2.37. The maximum Gasteiger partial charge on any atom is 0.225 e. The van der Waals surface area contributed by atoms with E-state index in [0.29, 0.717) is 12.5 Å². The summed E-state index contributed by atoms with van der Waals surface area (Å²) < 4.78 is 0. The summed E-state index contributed by atoms with van der Waals surface area (Å²) in [6, 6.07) is 6.47. The van der Waals surface area contributed by atoms with E-state index in [1.54, 1.807) is 0 Å². The van der Waals surface area contributed by atoms with Gasteiger partial charge in [0.25, 0.3) is 0 Å². The van der Waals surface area contributed by atoms with Gasteiger partial charge in [-0.15, -0.1) is 0 Å². The molecule has 1 atom stereocenters. The number of amides is 1. The zero-order valence-corrected chi connectivity index (χ0v) is 12.2. The number of nitrogens with one attached hydrogen (secondary N) is 1. The van der Waals surface area contributed by atoms with Gasteiger partial charge < -0.3 is 10.2 Å². The largest absolute Gasteiger partial charge is 0.326 e. The maximum absolute atomic E-state index is 12.1. The van der Waals surface area contributed by atoms with Crippen LogP contribution in [0.4, 0.5) is 5.69 Å². The van der Waals surface area contributed by atoms with E-state index in [4.69, 9.17) is 0 Å². The number of carbonyl (C=O) groups is 1. The standard InChI is InChI=1S/C16H24N2O/c1-12-7-8-14(10-13(12)2)17-16(19)11-15-6-4-5-9-18(15)3/h7-8,10,15H,4-6,9,11H2,1-3H3,(H,17,19). The van der Waals surface area contributed by atoms with Crippen LogP contribution in [0, 0.1) is 13.8 Å². The number of likely N-dealkylation sites (tertiary alicyclic amines) is 1. The fourth-order valence-corrected chi connectivity index (χ4v) is 2.65. The van der Waals surface area contributed by atoms with Crippen molar-refractivity contribution in [3.8, 4) is 0 Å². The molecule has 0 bridgehead atoms. The summed E-state index contributed by atoms with van der Waals surface area (Å²) in [5.41, 5.74) is 3.38. The Labute approximate surface area is 116 Å². The normalized spacial score (nSPS) is 20.3. The van der Waals surface area contributed by atoms with Crippen LogP contribution < -0.4 is 5.32 Å². The summed E-state index contributed by atoms with van der Waals surface area (Å²) in [6.07, 6.45) is 4.23. The molecule has 1 saturated heterocycles. The van der Waals surface area contributed by atoms with Crippen molar-refractivity contribution >= 4 is 11.6 Å². The lowest BCUT2D eigenvalue weighted by atomic mass is 10.00. The Morgan fingerprint density at radius 1 is 1.32 bits per heavy atom. The monoisotopic (exact) mass is 260 g/mol. The van der Waals surface area contributed by atoms with E-state index in [0.717, 1.165) is 18.7 Å². The Bertz CT molecular complexity index is 456. The van der Waals surface area contributed by atoms with Crippen molar-refractivity contribution in [2.75, 3.05) is 18.9 Å². The molecule has 1 unspecified atom stereocenters. The van der Waals surface area contributed by atoms with E-state index in [1.807, 2.05) is 12.1 Å². The molecular formula is C16H24N2O. The van der Waals surface area contributed by atoms with E-state index in [1.165, 1.54) is 24.0 Å². The van der Waals surface area contributed by atoms with Crippen LogP contribution in [0.15, 0.2) is 18.2 Å². The third-order valence-electron chi connectivity index (χ3n) is 4.13. The highest BCUT2D eigenvalue weighted by Gasteiger charge is 2.21. The lowest BCUT2D eigenvalue weighted by Gasteiger charge is -2.31. The maximum atomic E-state index is 12.1. The first-order valence-corrected chi connectivity index (χ1v) is 7.13. The number of aryl methyl sites for hydroxylation is 2. The van der Waals surface area contributed by atoms with Crippen LogP contribution in [0.3, 0.4) is 0 Å². The molecule has 19 heavy (non-hydrogen) atoms. The van der Waals surface area contributed by atoms with Crippen LogP contribution in [0.2, 0.25) is 0 Å². The molecule has 0 saturated carbocycles. The molecule has 1 aromatic carbocycles. The van der Waals surface area contributed by atoms with Gasteiger partial charge in [-0.1, -0.05) is 12.5 Å². The predicted octanol–water partition coefficient (Wildman–Crippen LogP) is 3.12. The fraction of sp³-hybridized carbons (Fsp3) is 0.562. The molecule has 0 aromatic heterocycles. The zero-order valence-electron chi connectivity index (χ0n) is 12.2. The summed E-state index contributed by atoms with van der Waals surface area (Å²) >= 11 is 0. The van der Waals surface area contributed by atoms with Crippen LogP contribution in [0.5, 0.6) is 0 Å². The summed E-state index contributed by atoms with van der Waals surface area (Å²) in [4.78, 5) is 14.4. The van der Waals surface area contributed by atoms with Crippen molar-refractivity contribution in [3.63, 3.8) is 0 Å². The first-order chi connectivity index (χ1) is 9.06. The highest BCUT2D eigenvalue weighted by Crippen LogP contribution is 2.19. The van der Waals surface area contributed by atoms with Crippen LogP contribution >= 0.6 is 0 Å². The molecule has 1 amide bonds. The van der Waals surface area contributed by atoms with Crippen molar-refractivity contribution in [1.29, 1.82) is 0 Å². The lowest BCUT2D eigenvalue weighted by Crippen LogP contribution is -2.38. The van der Waals surface area contributed by atoms with Gasteiger partial charge in [-0.25, -0.2) is 0 Å². The minimum atomic E-state index is 0.127. The number of carbonyl (C=O) groups excluding carboxylic acids is 1. The van der Waals surface area contributed by atoms with Gasteiger partial charge in [0.05, 0.1) is 0 Å². The van der Waals surface area contributed by atoms with Gasteiger partial charge in [0.2, 0.25) is 5.91 Å². The minimum absolute atomic E-state index is 0.127. The van der Waals surface area contributed by atoms with Crippen molar-refractivity contribution < 1.29 is 4.79 Å².